The quantitative estimate of drug-likeness (QED) is 0.729. The third-order valence-electron chi connectivity index (χ3n) is 2.25. The summed E-state index contributed by atoms with van der Waals surface area (Å²) < 4.78 is 5.65. The number of furan rings is 1. The first-order valence-electron chi connectivity index (χ1n) is 4.63. The van der Waals surface area contributed by atoms with E-state index in [4.69, 9.17) is 21.8 Å². The Morgan fingerprint density at radius 3 is 2.72 bits per heavy atom. The van der Waals surface area contributed by atoms with E-state index >= 15 is 0 Å². The van der Waals surface area contributed by atoms with Gasteiger partial charge in [0.2, 0.25) is 0 Å². The lowest BCUT2D eigenvalue weighted by atomic mass is 10.2. The number of nitrogens with two attached hydrogens (primary N) is 1. The van der Waals surface area contributed by atoms with Crippen LogP contribution in [0.5, 0.6) is 0 Å². The molecule has 0 bridgehead atoms. The molecule has 0 spiro atoms. The summed E-state index contributed by atoms with van der Waals surface area (Å²) >= 11 is 7.30. The Kier molecular flexibility index (Phi) is 4.75. The summed E-state index contributed by atoms with van der Waals surface area (Å²) in [5.41, 5.74) is 7.14. The van der Waals surface area contributed by atoms with Crippen molar-refractivity contribution in [3.8, 4) is 11.5 Å². The third kappa shape index (κ3) is 2.67. The van der Waals surface area contributed by atoms with Crippen molar-refractivity contribution in [3.63, 3.8) is 0 Å². The number of nitrogens with zero attached hydrogens (tertiary/aromatic N) is 1. The smallest absolute Gasteiger partial charge is 0.180 e. The van der Waals surface area contributed by atoms with Crippen molar-refractivity contribution in [2.24, 2.45) is 0 Å². The molecule has 4 nitrogen and oxygen atoms in total. The summed E-state index contributed by atoms with van der Waals surface area (Å²) in [6.07, 6.45) is 0. The number of aromatic nitrogens is 1. The average Bonchev–Trinajstić information content (AvgIpc) is 2.83. The molecule has 0 atom stereocenters. The van der Waals surface area contributed by atoms with Crippen molar-refractivity contribution in [2.75, 3.05) is 5.73 Å². The average molecular weight is 350 g/mol. The van der Waals surface area contributed by atoms with Gasteiger partial charge in [-0.1, -0.05) is 11.6 Å². The molecule has 96 valence electrons. The van der Waals surface area contributed by atoms with Crippen molar-refractivity contribution >= 4 is 56.0 Å². The minimum atomic E-state index is 0. The molecule has 1 aromatic carbocycles. The van der Waals surface area contributed by atoms with Gasteiger partial charge in [-0.05, 0) is 24.3 Å². The fourth-order valence-corrected chi connectivity index (χ4v) is 2.27. The van der Waals surface area contributed by atoms with E-state index in [0.717, 1.165) is 16.7 Å². The molecule has 0 aliphatic heterocycles. The van der Waals surface area contributed by atoms with Crippen LogP contribution in [0.2, 0.25) is 5.02 Å². The van der Waals surface area contributed by atoms with Crippen molar-refractivity contribution in [1.29, 1.82) is 0 Å². The molecule has 3 rings (SSSR count). The zero-order valence-electron chi connectivity index (χ0n) is 9.01. The van der Waals surface area contributed by atoms with Crippen molar-refractivity contribution in [3.05, 3.63) is 34.7 Å². The molecule has 0 fully saturated rings. The largest absolute Gasteiger partial charge is 0.454 e. The molecule has 0 saturated carbocycles. The van der Waals surface area contributed by atoms with Gasteiger partial charge in [0.05, 0.1) is 0 Å². The first-order chi connectivity index (χ1) is 7.72. The number of hydrogen-bond donors (Lipinski definition) is 1. The van der Waals surface area contributed by atoms with E-state index in [2.05, 4.69) is 4.98 Å². The van der Waals surface area contributed by atoms with Gasteiger partial charge in [0, 0.05) is 15.8 Å². The summed E-state index contributed by atoms with van der Waals surface area (Å²) in [6, 6.07) is 7.42. The van der Waals surface area contributed by atoms with E-state index in [1.807, 2.05) is 23.6 Å². The number of rotatable bonds is 1. The van der Waals surface area contributed by atoms with Crippen LogP contribution >= 0.6 is 39.9 Å². The van der Waals surface area contributed by atoms with Gasteiger partial charge in [0.1, 0.15) is 11.3 Å². The monoisotopic (exact) mass is 348 g/mol. The number of fused-ring (bicyclic) bond motifs is 1. The number of benzene rings is 1. The van der Waals surface area contributed by atoms with Crippen LogP contribution in [0.15, 0.2) is 34.1 Å². The molecular weight excluding hydrogens is 340 g/mol. The summed E-state index contributed by atoms with van der Waals surface area (Å²) in [5, 5.41) is 4.06. The minimum Gasteiger partial charge on any atom is -0.454 e. The van der Waals surface area contributed by atoms with Crippen molar-refractivity contribution < 1.29 is 9.89 Å². The Morgan fingerprint density at radius 1 is 1.28 bits per heavy atom. The molecule has 0 radical (unpaired) electrons. The Labute approximate surface area is 122 Å². The normalized spacial score (nSPS) is 9.83. The second-order valence-corrected chi connectivity index (χ2v) is 4.69. The molecule has 18 heavy (non-hydrogen) atoms. The molecule has 0 amide bonds. The summed E-state index contributed by atoms with van der Waals surface area (Å²) in [7, 11) is 0. The van der Waals surface area contributed by atoms with Gasteiger partial charge in [0.25, 0.3) is 0 Å². The maximum absolute atomic E-state index is 5.90. The fraction of sp³-hybridized carbons (Fsp3) is 0. The Balaban J connectivity index is 0.000000810. The van der Waals surface area contributed by atoms with Crippen LogP contribution in [0.3, 0.4) is 0 Å². The van der Waals surface area contributed by atoms with Gasteiger partial charge in [-0.3, -0.25) is 0 Å². The maximum Gasteiger partial charge on any atom is 0.180 e. The van der Waals surface area contributed by atoms with E-state index in [1.165, 1.54) is 11.3 Å². The first kappa shape index (κ1) is 15.0. The molecule has 0 unspecified atom stereocenters. The minimum absolute atomic E-state index is 0. The summed E-state index contributed by atoms with van der Waals surface area (Å²) in [5.74, 6) is 0.713. The molecule has 0 aliphatic rings. The lowest BCUT2D eigenvalue weighted by Gasteiger charge is -1.88. The highest BCUT2D eigenvalue weighted by Crippen LogP contribution is 2.30. The SMILES string of the molecule is Br.Nc1nc(-c2cc3cc(Cl)ccc3o2)cs1.O. The summed E-state index contributed by atoms with van der Waals surface area (Å²) in [4.78, 5) is 4.17. The second-order valence-electron chi connectivity index (χ2n) is 3.36. The van der Waals surface area contributed by atoms with Crippen LogP contribution < -0.4 is 5.73 Å². The highest BCUT2D eigenvalue weighted by Gasteiger charge is 2.09. The molecule has 7 heteroatoms. The standard InChI is InChI=1S/C11H7ClN2OS.BrH.H2O/c12-7-1-2-9-6(3-7)4-10(15-9)8-5-16-11(13)14-8;;/h1-5H,(H2,13,14);1H;1H2. The zero-order valence-corrected chi connectivity index (χ0v) is 12.3. The number of anilines is 1. The van der Waals surface area contributed by atoms with Crippen LogP contribution in [0.25, 0.3) is 22.4 Å². The Hall–Kier alpha value is -1.08. The van der Waals surface area contributed by atoms with Gasteiger partial charge in [0.15, 0.2) is 10.9 Å². The van der Waals surface area contributed by atoms with E-state index in [1.54, 1.807) is 6.07 Å². The van der Waals surface area contributed by atoms with Crippen molar-refractivity contribution in [1.82, 2.24) is 4.98 Å². The van der Waals surface area contributed by atoms with Crippen LogP contribution in [0.1, 0.15) is 0 Å². The maximum atomic E-state index is 5.90. The number of nitrogen functional groups attached to an aromatic ring is 1. The van der Waals surface area contributed by atoms with Crippen LogP contribution in [-0.4, -0.2) is 10.5 Å². The van der Waals surface area contributed by atoms with E-state index in [0.29, 0.717) is 15.9 Å². The Bertz CT molecular complexity index is 668. The highest BCUT2D eigenvalue weighted by atomic mass is 79.9. The highest BCUT2D eigenvalue weighted by molar-refractivity contribution is 8.93. The molecular formula is C11H10BrClN2O2S. The predicted octanol–water partition coefficient (Wildman–Crippen LogP) is 3.55. The molecule has 0 saturated heterocycles. The Morgan fingerprint density at radius 2 is 2.06 bits per heavy atom. The van der Waals surface area contributed by atoms with E-state index < -0.39 is 0 Å². The van der Waals surface area contributed by atoms with E-state index in [9.17, 15) is 0 Å². The lowest BCUT2D eigenvalue weighted by Crippen LogP contribution is -1.81. The molecule has 0 aliphatic carbocycles. The number of hydrogen-bond acceptors (Lipinski definition) is 4. The van der Waals surface area contributed by atoms with Gasteiger partial charge in [-0.25, -0.2) is 4.98 Å². The molecule has 2 aromatic heterocycles. The van der Waals surface area contributed by atoms with Crippen LogP contribution in [0.4, 0.5) is 5.13 Å². The van der Waals surface area contributed by atoms with Gasteiger partial charge >= 0.3 is 0 Å². The van der Waals surface area contributed by atoms with Crippen LogP contribution in [0, 0.1) is 0 Å². The first-order valence-corrected chi connectivity index (χ1v) is 5.88. The van der Waals surface area contributed by atoms with Gasteiger partial charge in [-0.2, -0.15) is 0 Å². The lowest BCUT2D eigenvalue weighted by molar-refractivity contribution is 0.629. The van der Waals surface area contributed by atoms with Gasteiger partial charge < -0.3 is 15.6 Å². The molecule has 4 N–H and O–H groups in total. The van der Waals surface area contributed by atoms with E-state index in [-0.39, 0.29) is 22.5 Å². The van der Waals surface area contributed by atoms with Crippen molar-refractivity contribution in [2.45, 2.75) is 0 Å². The number of halogens is 2. The third-order valence-corrected chi connectivity index (χ3v) is 3.16. The molecule has 3 aromatic rings. The molecule has 2 heterocycles. The second kappa shape index (κ2) is 5.71. The van der Waals surface area contributed by atoms with Gasteiger partial charge in [-0.15, -0.1) is 28.3 Å². The topological polar surface area (TPSA) is 83.5 Å². The predicted molar refractivity (Wildman–Crippen MR) is 80.7 cm³/mol. The zero-order chi connectivity index (χ0) is 11.1. The summed E-state index contributed by atoms with van der Waals surface area (Å²) in [6.45, 7) is 0. The van der Waals surface area contributed by atoms with Crippen LogP contribution in [-0.2, 0) is 0 Å². The fourth-order valence-electron chi connectivity index (χ4n) is 1.54. The number of thiazole rings is 1.